The largest absolute Gasteiger partial charge is 0.478 e. The van der Waals surface area contributed by atoms with E-state index >= 15 is 0 Å². The molecule has 152 valence electrons. The number of unbranched alkanes of at least 4 members (excludes halogenated alkanes) is 7. The number of aliphatic hydroxyl groups is 2. The summed E-state index contributed by atoms with van der Waals surface area (Å²) < 4.78 is 11.3. The van der Waals surface area contributed by atoms with Crippen molar-refractivity contribution in [3.8, 4) is 0 Å². The van der Waals surface area contributed by atoms with Gasteiger partial charge in [0.05, 0.1) is 18.3 Å². The van der Waals surface area contributed by atoms with Crippen LogP contribution in [0.4, 0.5) is 0 Å². The molecule has 0 bridgehead atoms. The molecule has 0 unspecified atom stereocenters. The lowest BCUT2D eigenvalue weighted by Crippen LogP contribution is -2.48. The number of hydrogen-bond acceptors (Lipinski definition) is 5. The van der Waals surface area contributed by atoms with Crippen LogP contribution in [0.25, 0.3) is 0 Å². The molecule has 0 aromatic heterocycles. The van der Waals surface area contributed by atoms with E-state index in [2.05, 4.69) is 0 Å². The summed E-state index contributed by atoms with van der Waals surface area (Å²) in [7, 11) is 0. The molecule has 0 amide bonds. The number of allylic oxidation sites excluding steroid dienone is 1. The molecule has 6 nitrogen and oxygen atoms in total. The van der Waals surface area contributed by atoms with Crippen molar-refractivity contribution in [3.05, 3.63) is 12.2 Å². The summed E-state index contributed by atoms with van der Waals surface area (Å²) in [5.74, 6) is -0.875. The number of carboxylic acids is 1. The second kappa shape index (κ2) is 13.3. The van der Waals surface area contributed by atoms with Crippen LogP contribution in [0.2, 0.25) is 0 Å². The maximum absolute atomic E-state index is 10.3. The van der Waals surface area contributed by atoms with Crippen LogP contribution in [0.5, 0.6) is 0 Å². The summed E-state index contributed by atoms with van der Waals surface area (Å²) in [5, 5.41) is 28.1. The van der Waals surface area contributed by atoms with E-state index in [0.29, 0.717) is 6.42 Å². The van der Waals surface area contributed by atoms with Gasteiger partial charge in [0.25, 0.3) is 0 Å². The lowest BCUT2D eigenvalue weighted by molar-refractivity contribution is -0.273. The van der Waals surface area contributed by atoms with Crippen LogP contribution in [-0.4, -0.2) is 52.0 Å². The molecule has 1 fully saturated rings. The van der Waals surface area contributed by atoms with Crippen molar-refractivity contribution in [2.45, 2.75) is 109 Å². The van der Waals surface area contributed by atoms with Gasteiger partial charge in [0.2, 0.25) is 0 Å². The monoisotopic (exact) mass is 372 g/mol. The number of aliphatic hydroxyl groups excluding tert-OH is 2. The zero-order valence-corrected chi connectivity index (χ0v) is 16.2. The number of carbonyl (C=O) groups is 1. The first-order chi connectivity index (χ1) is 12.4. The molecule has 0 radical (unpaired) electrons. The molecular formula is C20H36O6. The molecule has 1 saturated heterocycles. The second-order valence-electron chi connectivity index (χ2n) is 7.32. The van der Waals surface area contributed by atoms with Gasteiger partial charge in [-0.1, -0.05) is 44.6 Å². The normalized spacial score (nSPS) is 27.7. The maximum Gasteiger partial charge on any atom is 0.327 e. The van der Waals surface area contributed by atoms with Crippen LogP contribution in [0, 0.1) is 0 Å². The van der Waals surface area contributed by atoms with Gasteiger partial charge in [-0.3, -0.25) is 0 Å². The molecule has 1 aliphatic heterocycles. The SMILES string of the molecule is C[C@H](CCCCCCCCC/C=C/C(=O)O)O[C@@H]1O[C@@H](C)[C@H](O)C[C@H]1O. The van der Waals surface area contributed by atoms with Crippen LogP contribution in [0.1, 0.15) is 78.1 Å². The van der Waals surface area contributed by atoms with Crippen molar-refractivity contribution in [3.63, 3.8) is 0 Å². The Morgan fingerprint density at radius 1 is 1.12 bits per heavy atom. The van der Waals surface area contributed by atoms with Crippen molar-refractivity contribution in [2.75, 3.05) is 0 Å². The third-order valence-corrected chi connectivity index (χ3v) is 4.80. The minimum absolute atomic E-state index is 0.0260. The van der Waals surface area contributed by atoms with E-state index in [0.717, 1.165) is 38.5 Å². The first-order valence-electron chi connectivity index (χ1n) is 9.96. The van der Waals surface area contributed by atoms with E-state index in [1.165, 1.54) is 25.3 Å². The number of hydrogen-bond donors (Lipinski definition) is 3. The number of rotatable bonds is 13. The fraction of sp³-hybridized carbons (Fsp3) is 0.850. The Morgan fingerprint density at radius 3 is 2.38 bits per heavy atom. The number of carboxylic acid groups (broad SMARTS) is 1. The van der Waals surface area contributed by atoms with Crippen LogP contribution in [0.3, 0.4) is 0 Å². The summed E-state index contributed by atoms with van der Waals surface area (Å²) in [6.45, 7) is 3.79. The van der Waals surface area contributed by atoms with Gasteiger partial charge in [-0.05, 0) is 33.1 Å². The van der Waals surface area contributed by atoms with Crippen LogP contribution >= 0.6 is 0 Å². The van der Waals surface area contributed by atoms with Crippen molar-refractivity contribution in [1.29, 1.82) is 0 Å². The van der Waals surface area contributed by atoms with Gasteiger partial charge in [0.15, 0.2) is 6.29 Å². The third-order valence-electron chi connectivity index (χ3n) is 4.80. The highest BCUT2D eigenvalue weighted by Crippen LogP contribution is 2.23. The first kappa shape index (κ1) is 23.1. The molecular weight excluding hydrogens is 336 g/mol. The predicted octanol–water partition coefficient (Wildman–Crippen LogP) is 3.40. The molecule has 6 heteroatoms. The van der Waals surface area contributed by atoms with Gasteiger partial charge in [0, 0.05) is 12.5 Å². The van der Waals surface area contributed by atoms with Crippen LogP contribution in [-0.2, 0) is 14.3 Å². The summed E-state index contributed by atoms with van der Waals surface area (Å²) >= 11 is 0. The highest BCUT2D eigenvalue weighted by Gasteiger charge is 2.35. The van der Waals surface area contributed by atoms with Gasteiger partial charge in [0.1, 0.15) is 6.10 Å². The predicted molar refractivity (Wildman–Crippen MR) is 99.8 cm³/mol. The van der Waals surface area contributed by atoms with Crippen molar-refractivity contribution in [2.24, 2.45) is 0 Å². The Kier molecular flexibility index (Phi) is 11.8. The molecule has 1 heterocycles. The fourth-order valence-electron chi connectivity index (χ4n) is 3.12. The first-order valence-corrected chi connectivity index (χ1v) is 9.96. The highest BCUT2D eigenvalue weighted by molar-refractivity contribution is 5.79. The van der Waals surface area contributed by atoms with Crippen molar-refractivity contribution >= 4 is 5.97 Å². The topological polar surface area (TPSA) is 96.2 Å². The molecule has 0 aromatic rings. The Hall–Kier alpha value is -0.950. The lowest BCUT2D eigenvalue weighted by Gasteiger charge is -2.36. The maximum atomic E-state index is 10.3. The third kappa shape index (κ3) is 10.3. The molecule has 26 heavy (non-hydrogen) atoms. The molecule has 5 atom stereocenters. The van der Waals surface area contributed by atoms with Gasteiger partial charge in [-0.15, -0.1) is 0 Å². The standard InChI is InChI=1S/C20H36O6/c1-15(25-20-18(22)14-17(21)16(2)26-20)12-10-8-6-4-3-5-7-9-11-13-19(23)24/h11,13,15-18,20-22H,3-10,12,14H2,1-2H3,(H,23,24)/b13-11+/t15-,16+,17-,18-,20-/m1/s1. The van der Waals surface area contributed by atoms with E-state index in [-0.39, 0.29) is 12.2 Å². The zero-order valence-electron chi connectivity index (χ0n) is 16.2. The van der Waals surface area contributed by atoms with Crippen molar-refractivity contribution in [1.82, 2.24) is 0 Å². The smallest absolute Gasteiger partial charge is 0.327 e. The Balaban J connectivity index is 1.97. The molecule has 0 aliphatic carbocycles. The molecule has 0 saturated carbocycles. The summed E-state index contributed by atoms with van der Waals surface area (Å²) in [5.41, 5.74) is 0. The van der Waals surface area contributed by atoms with E-state index in [9.17, 15) is 15.0 Å². The zero-order chi connectivity index (χ0) is 19.4. The van der Waals surface area contributed by atoms with Gasteiger partial charge < -0.3 is 24.8 Å². The number of aliphatic carboxylic acids is 1. The van der Waals surface area contributed by atoms with Gasteiger partial charge in [-0.25, -0.2) is 4.79 Å². The second-order valence-corrected chi connectivity index (χ2v) is 7.32. The molecule has 1 rings (SSSR count). The van der Waals surface area contributed by atoms with Gasteiger partial charge in [-0.2, -0.15) is 0 Å². The minimum Gasteiger partial charge on any atom is -0.478 e. The molecule has 0 aromatic carbocycles. The van der Waals surface area contributed by atoms with E-state index < -0.39 is 24.5 Å². The lowest BCUT2D eigenvalue weighted by atomic mass is 10.0. The highest BCUT2D eigenvalue weighted by atomic mass is 16.7. The van der Waals surface area contributed by atoms with E-state index in [4.69, 9.17) is 14.6 Å². The molecule has 1 aliphatic rings. The molecule has 0 spiro atoms. The summed E-state index contributed by atoms with van der Waals surface area (Å²) in [6.07, 6.45) is 10.7. The quantitative estimate of drug-likeness (QED) is 0.339. The Labute approximate surface area is 157 Å². The average Bonchev–Trinajstić information content (AvgIpc) is 2.57. The van der Waals surface area contributed by atoms with E-state index in [1.54, 1.807) is 13.0 Å². The number of ether oxygens (including phenoxy) is 2. The Bertz CT molecular complexity index is 411. The average molecular weight is 373 g/mol. The van der Waals surface area contributed by atoms with E-state index in [1.807, 2.05) is 6.92 Å². The van der Waals surface area contributed by atoms with Crippen LogP contribution in [0.15, 0.2) is 12.2 Å². The molecule has 3 N–H and O–H groups in total. The fourth-order valence-corrected chi connectivity index (χ4v) is 3.12. The Morgan fingerprint density at radius 2 is 1.73 bits per heavy atom. The van der Waals surface area contributed by atoms with Crippen LogP contribution < -0.4 is 0 Å². The van der Waals surface area contributed by atoms with Crippen molar-refractivity contribution < 1.29 is 29.6 Å². The minimum atomic E-state index is -0.875. The summed E-state index contributed by atoms with van der Waals surface area (Å²) in [6, 6.07) is 0. The summed E-state index contributed by atoms with van der Waals surface area (Å²) in [4.78, 5) is 10.3. The van der Waals surface area contributed by atoms with Gasteiger partial charge >= 0.3 is 5.97 Å².